The summed E-state index contributed by atoms with van der Waals surface area (Å²) in [5, 5.41) is 0. The molecule has 0 saturated carbocycles. The maximum atomic E-state index is 11.4. The lowest BCUT2D eigenvalue weighted by atomic mass is 9.97. The average molecular weight is 187 g/mol. The summed E-state index contributed by atoms with van der Waals surface area (Å²) in [7, 11) is 0. The molecule has 0 aliphatic carbocycles. The monoisotopic (exact) mass is 187 g/mol. The third-order valence-corrected chi connectivity index (χ3v) is 1.95. The smallest absolute Gasteiger partial charge is 0.325 e. The predicted octanol–water partition coefficient (Wildman–Crippen LogP) is 1.85. The maximum Gasteiger partial charge on any atom is 0.325 e. The van der Waals surface area contributed by atoms with Gasteiger partial charge in [0, 0.05) is 0 Å². The Morgan fingerprint density at radius 1 is 1.38 bits per heavy atom. The highest BCUT2D eigenvalue weighted by molar-refractivity contribution is 5.79. The van der Waals surface area contributed by atoms with Gasteiger partial charge in [-0.25, -0.2) is 0 Å². The van der Waals surface area contributed by atoms with E-state index in [0.29, 0.717) is 13.0 Å². The molecular formula is C10H21NO2. The lowest BCUT2D eigenvalue weighted by Gasteiger charge is -2.21. The number of carbonyl (C=O) groups is 1. The van der Waals surface area contributed by atoms with Crippen molar-refractivity contribution in [2.24, 2.45) is 5.73 Å². The Hall–Kier alpha value is -0.570. The molecule has 3 heteroatoms. The standard InChI is InChI=1S/C10H21NO2/c1-4-6-7-10(3,11)9(12)13-8-5-2/h4-8,11H2,1-3H3. The first kappa shape index (κ1) is 12.4. The first-order valence-electron chi connectivity index (χ1n) is 5.00. The Bertz CT molecular complexity index is 155. The molecule has 0 fully saturated rings. The molecule has 0 aliphatic rings. The fourth-order valence-electron chi connectivity index (χ4n) is 1.01. The quantitative estimate of drug-likeness (QED) is 0.646. The predicted molar refractivity (Wildman–Crippen MR) is 53.4 cm³/mol. The van der Waals surface area contributed by atoms with E-state index in [1.165, 1.54) is 0 Å². The zero-order chi connectivity index (χ0) is 10.3. The summed E-state index contributed by atoms with van der Waals surface area (Å²) in [5.41, 5.74) is 5.01. The van der Waals surface area contributed by atoms with E-state index in [9.17, 15) is 4.79 Å². The van der Waals surface area contributed by atoms with Crippen LogP contribution >= 0.6 is 0 Å². The van der Waals surface area contributed by atoms with E-state index in [-0.39, 0.29) is 5.97 Å². The highest BCUT2D eigenvalue weighted by Gasteiger charge is 2.28. The topological polar surface area (TPSA) is 52.3 Å². The van der Waals surface area contributed by atoms with Gasteiger partial charge in [0.25, 0.3) is 0 Å². The molecule has 0 aromatic rings. The molecule has 1 unspecified atom stereocenters. The number of nitrogens with two attached hydrogens (primary N) is 1. The summed E-state index contributed by atoms with van der Waals surface area (Å²) < 4.78 is 4.99. The van der Waals surface area contributed by atoms with Crippen LogP contribution in [0.3, 0.4) is 0 Å². The van der Waals surface area contributed by atoms with Crippen molar-refractivity contribution in [2.45, 2.75) is 52.0 Å². The fraction of sp³-hybridized carbons (Fsp3) is 0.900. The van der Waals surface area contributed by atoms with Gasteiger partial charge in [-0.3, -0.25) is 4.79 Å². The van der Waals surface area contributed by atoms with Crippen LogP contribution < -0.4 is 5.73 Å². The van der Waals surface area contributed by atoms with Crippen molar-refractivity contribution >= 4 is 5.97 Å². The fourth-order valence-corrected chi connectivity index (χ4v) is 1.01. The van der Waals surface area contributed by atoms with Gasteiger partial charge < -0.3 is 10.5 Å². The van der Waals surface area contributed by atoms with Crippen LogP contribution in [0.15, 0.2) is 0 Å². The van der Waals surface area contributed by atoms with Crippen LogP contribution in [0.5, 0.6) is 0 Å². The Morgan fingerprint density at radius 2 is 2.00 bits per heavy atom. The molecule has 0 spiro atoms. The molecule has 0 aliphatic heterocycles. The lowest BCUT2D eigenvalue weighted by molar-refractivity contribution is -0.149. The van der Waals surface area contributed by atoms with Gasteiger partial charge in [0.1, 0.15) is 5.54 Å². The third-order valence-electron chi connectivity index (χ3n) is 1.95. The summed E-state index contributed by atoms with van der Waals surface area (Å²) in [6.07, 6.45) is 3.56. The summed E-state index contributed by atoms with van der Waals surface area (Å²) in [6, 6.07) is 0. The van der Waals surface area contributed by atoms with Crippen molar-refractivity contribution in [3.63, 3.8) is 0 Å². The number of rotatable bonds is 6. The number of hydrogen-bond acceptors (Lipinski definition) is 3. The zero-order valence-electron chi connectivity index (χ0n) is 8.93. The summed E-state index contributed by atoms with van der Waals surface area (Å²) >= 11 is 0. The van der Waals surface area contributed by atoms with Crippen molar-refractivity contribution in [2.75, 3.05) is 6.61 Å². The SMILES string of the molecule is CCCCC(C)(N)C(=O)OCCC. The minimum atomic E-state index is -0.800. The second-order valence-corrected chi connectivity index (χ2v) is 3.66. The molecule has 1 atom stereocenters. The molecule has 0 heterocycles. The number of ether oxygens (including phenoxy) is 1. The number of esters is 1. The van der Waals surface area contributed by atoms with Crippen LogP contribution in [0.1, 0.15) is 46.5 Å². The van der Waals surface area contributed by atoms with E-state index >= 15 is 0 Å². The summed E-state index contributed by atoms with van der Waals surface area (Å²) in [5.74, 6) is -0.275. The molecule has 0 rings (SSSR count). The van der Waals surface area contributed by atoms with Crippen LogP contribution in [0.2, 0.25) is 0 Å². The van der Waals surface area contributed by atoms with Gasteiger partial charge in [0.2, 0.25) is 0 Å². The maximum absolute atomic E-state index is 11.4. The van der Waals surface area contributed by atoms with E-state index in [2.05, 4.69) is 6.92 Å². The van der Waals surface area contributed by atoms with Crippen molar-refractivity contribution < 1.29 is 9.53 Å². The highest BCUT2D eigenvalue weighted by Crippen LogP contribution is 2.12. The molecule has 0 amide bonds. The van der Waals surface area contributed by atoms with Gasteiger partial charge in [-0.1, -0.05) is 26.7 Å². The van der Waals surface area contributed by atoms with Crippen LogP contribution in [-0.4, -0.2) is 18.1 Å². The van der Waals surface area contributed by atoms with Gasteiger partial charge in [-0.05, 0) is 19.8 Å². The molecule has 2 N–H and O–H groups in total. The normalized spacial score (nSPS) is 15.1. The van der Waals surface area contributed by atoms with Gasteiger partial charge >= 0.3 is 5.97 Å². The average Bonchev–Trinajstić information content (AvgIpc) is 2.10. The number of carbonyl (C=O) groups excluding carboxylic acids is 1. The number of unbranched alkanes of at least 4 members (excludes halogenated alkanes) is 1. The molecule has 78 valence electrons. The van der Waals surface area contributed by atoms with Crippen molar-refractivity contribution in [1.82, 2.24) is 0 Å². The number of hydrogen-bond donors (Lipinski definition) is 1. The minimum Gasteiger partial charge on any atom is -0.464 e. The first-order valence-corrected chi connectivity index (χ1v) is 5.00. The Morgan fingerprint density at radius 3 is 2.46 bits per heavy atom. The second kappa shape index (κ2) is 5.97. The van der Waals surface area contributed by atoms with E-state index < -0.39 is 5.54 Å². The van der Waals surface area contributed by atoms with Gasteiger partial charge in [0.15, 0.2) is 0 Å². The molecule has 0 aromatic heterocycles. The Labute approximate surface area is 80.6 Å². The zero-order valence-corrected chi connectivity index (χ0v) is 8.93. The highest BCUT2D eigenvalue weighted by atomic mass is 16.5. The van der Waals surface area contributed by atoms with E-state index in [0.717, 1.165) is 19.3 Å². The molecular weight excluding hydrogens is 166 g/mol. The molecule has 0 aromatic carbocycles. The lowest BCUT2D eigenvalue weighted by Crippen LogP contribution is -2.46. The second-order valence-electron chi connectivity index (χ2n) is 3.66. The minimum absolute atomic E-state index is 0.275. The van der Waals surface area contributed by atoms with Crippen molar-refractivity contribution in [3.05, 3.63) is 0 Å². The first-order chi connectivity index (χ1) is 6.04. The Kier molecular flexibility index (Phi) is 5.71. The van der Waals surface area contributed by atoms with Crippen LogP contribution in [-0.2, 0) is 9.53 Å². The van der Waals surface area contributed by atoms with E-state index in [1.54, 1.807) is 6.92 Å². The van der Waals surface area contributed by atoms with Crippen LogP contribution in [0, 0.1) is 0 Å². The van der Waals surface area contributed by atoms with Crippen molar-refractivity contribution in [3.8, 4) is 0 Å². The Balaban J connectivity index is 3.87. The molecule has 0 saturated heterocycles. The third kappa shape index (κ3) is 4.88. The van der Waals surface area contributed by atoms with E-state index in [1.807, 2.05) is 6.92 Å². The molecule has 0 radical (unpaired) electrons. The molecule has 3 nitrogen and oxygen atoms in total. The van der Waals surface area contributed by atoms with Gasteiger partial charge in [-0.2, -0.15) is 0 Å². The summed E-state index contributed by atoms with van der Waals surface area (Å²) in [4.78, 5) is 11.4. The molecule has 13 heavy (non-hydrogen) atoms. The molecule has 0 bridgehead atoms. The summed E-state index contributed by atoms with van der Waals surface area (Å²) in [6.45, 7) is 6.25. The van der Waals surface area contributed by atoms with Gasteiger partial charge in [-0.15, -0.1) is 0 Å². The van der Waals surface area contributed by atoms with Crippen LogP contribution in [0.4, 0.5) is 0 Å². The van der Waals surface area contributed by atoms with E-state index in [4.69, 9.17) is 10.5 Å². The largest absolute Gasteiger partial charge is 0.464 e. The van der Waals surface area contributed by atoms with Crippen LogP contribution in [0.25, 0.3) is 0 Å². The van der Waals surface area contributed by atoms with Crippen molar-refractivity contribution in [1.29, 1.82) is 0 Å². The van der Waals surface area contributed by atoms with Gasteiger partial charge in [0.05, 0.1) is 6.61 Å².